The zero-order valence-electron chi connectivity index (χ0n) is 33.5. The number of nitrogens with zero attached hydrogens (tertiary/aromatic N) is 8. The number of anilines is 2. The van der Waals surface area contributed by atoms with Gasteiger partial charge in [-0.25, -0.2) is 19.9 Å². The zero-order valence-corrected chi connectivity index (χ0v) is 33.5. The molecular weight excluding hydrogens is 770 g/mol. The average Bonchev–Trinajstić information content (AvgIpc) is 3.63. The maximum atomic E-state index is 12.7. The van der Waals surface area contributed by atoms with Crippen molar-refractivity contribution in [3.8, 4) is 0 Å². The van der Waals surface area contributed by atoms with Gasteiger partial charge in [-0.15, -0.1) is 0 Å². The Kier molecular flexibility index (Phi) is 10.9. The lowest BCUT2D eigenvalue weighted by Gasteiger charge is -2.47. The summed E-state index contributed by atoms with van der Waals surface area (Å²) in [5.74, 6) is -1.19. The topological polar surface area (TPSA) is 188 Å². The molecule has 0 radical (unpaired) electrons. The number of rotatable bonds is 8. The molecule has 0 unspecified atom stereocenters. The van der Waals surface area contributed by atoms with Crippen molar-refractivity contribution >= 4 is 57.6 Å². The molecule has 2 saturated heterocycles. The SMILES string of the molecule is C=CC(=O)N1CCN(c2cnc3[nH]cc(C(=O)NC4CCC4)c3n2)CC1(C)C.C=CC(=O)N1CCN(c2cnc3[nH]cc(C(=O)N[C@@H]4C[C@H]4C(F)(F)F)c3n2)CC1(C)C. The molecule has 0 bridgehead atoms. The van der Waals surface area contributed by atoms with Gasteiger partial charge in [0.2, 0.25) is 11.8 Å². The van der Waals surface area contributed by atoms with Crippen molar-refractivity contribution in [1.29, 1.82) is 0 Å². The normalized spacial score (nSPS) is 21.3. The van der Waals surface area contributed by atoms with Gasteiger partial charge < -0.3 is 40.2 Å². The minimum atomic E-state index is -4.31. The van der Waals surface area contributed by atoms with E-state index in [4.69, 9.17) is 4.98 Å². The van der Waals surface area contributed by atoms with Crippen LogP contribution in [0.25, 0.3) is 22.3 Å². The number of nitrogens with one attached hydrogen (secondary N) is 4. The summed E-state index contributed by atoms with van der Waals surface area (Å²) in [6, 6.07) is -0.644. The molecule has 2 saturated carbocycles. The summed E-state index contributed by atoms with van der Waals surface area (Å²) in [5, 5.41) is 5.48. The third-order valence-electron chi connectivity index (χ3n) is 11.5. The van der Waals surface area contributed by atoms with Gasteiger partial charge >= 0.3 is 6.18 Å². The van der Waals surface area contributed by atoms with Crippen LogP contribution in [0.1, 0.15) is 74.1 Å². The lowest BCUT2D eigenvalue weighted by Crippen LogP contribution is -2.61. The van der Waals surface area contributed by atoms with Crippen molar-refractivity contribution in [3.05, 3.63) is 61.2 Å². The second-order valence-corrected chi connectivity index (χ2v) is 16.7. The van der Waals surface area contributed by atoms with E-state index in [1.54, 1.807) is 23.5 Å². The molecule has 4 aromatic rings. The van der Waals surface area contributed by atoms with Gasteiger partial charge in [0.15, 0.2) is 11.3 Å². The third kappa shape index (κ3) is 8.45. The van der Waals surface area contributed by atoms with Crippen molar-refractivity contribution in [1.82, 2.24) is 50.3 Å². The van der Waals surface area contributed by atoms with Gasteiger partial charge in [0.25, 0.3) is 11.8 Å². The fourth-order valence-corrected chi connectivity index (χ4v) is 7.93. The first-order valence-corrected chi connectivity index (χ1v) is 19.6. The minimum Gasteiger partial charge on any atom is -0.351 e. The van der Waals surface area contributed by atoms with E-state index in [-0.39, 0.29) is 41.3 Å². The molecule has 59 heavy (non-hydrogen) atoms. The average molecular weight is 819 g/mol. The summed E-state index contributed by atoms with van der Waals surface area (Å²) < 4.78 is 38.2. The zero-order chi connectivity index (χ0) is 42.4. The molecule has 19 heteroatoms. The van der Waals surface area contributed by atoms with Crippen LogP contribution in [0.3, 0.4) is 0 Å². The number of carbonyl (C=O) groups excluding carboxylic acids is 4. The summed E-state index contributed by atoms with van der Waals surface area (Å²) in [4.78, 5) is 81.0. The molecular formula is C40H49F3N12O4. The Balaban J connectivity index is 0.000000180. The Morgan fingerprint density at radius 1 is 0.763 bits per heavy atom. The summed E-state index contributed by atoms with van der Waals surface area (Å²) in [7, 11) is 0. The smallest absolute Gasteiger partial charge is 0.351 e. The first-order valence-electron chi connectivity index (χ1n) is 19.6. The fourth-order valence-electron chi connectivity index (χ4n) is 7.93. The van der Waals surface area contributed by atoms with Crippen LogP contribution in [0.15, 0.2) is 50.1 Å². The summed E-state index contributed by atoms with van der Waals surface area (Å²) in [6.45, 7) is 18.4. The fraction of sp³-hybridized carbons (Fsp3) is 0.500. The van der Waals surface area contributed by atoms with Crippen molar-refractivity contribution in [2.75, 3.05) is 49.1 Å². The van der Waals surface area contributed by atoms with Gasteiger partial charge in [-0.1, -0.05) is 13.2 Å². The second kappa shape index (κ2) is 15.6. The number of hydrogen-bond acceptors (Lipinski definition) is 10. The molecule has 0 aromatic carbocycles. The molecule has 6 heterocycles. The predicted octanol–water partition coefficient (Wildman–Crippen LogP) is 4.11. The van der Waals surface area contributed by atoms with Gasteiger partial charge in [0.05, 0.1) is 40.5 Å². The number of carbonyl (C=O) groups is 4. The van der Waals surface area contributed by atoms with E-state index < -0.39 is 29.6 Å². The monoisotopic (exact) mass is 818 g/mol. The van der Waals surface area contributed by atoms with Gasteiger partial charge in [-0.05, 0) is 65.5 Å². The third-order valence-corrected chi connectivity index (χ3v) is 11.5. The molecule has 4 N–H and O–H groups in total. The standard InChI is InChI=1S/C20H23F3N6O2.C20H26N6O2/c1-4-15(30)29-6-5-28(10-19(29,2)3)14-9-25-17-16(27-14)11(8-24-17)18(31)26-13-7-12(13)20(21,22)23;1-4-16(27)26-9-8-25(12-20(26,2)3)15-11-22-18-17(24-15)14(10-21-18)19(28)23-13-6-5-7-13/h4,8-9,12-13H,1,5-7,10H2,2-3H3,(H,24,25)(H,26,31);4,10-11,13H,1,5-9,12H2,2-3H3,(H,21,22)(H,23,28)/t12-,13-;/m1./s1. The van der Waals surface area contributed by atoms with Crippen LogP contribution < -0.4 is 20.4 Å². The van der Waals surface area contributed by atoms with Crippen LogP contribution in [0.2, 0.25) is 0 Å². The molecule has 314 valence electrons. The molecule has 8 rings (SSSR count). The van der Waals surface area contributed by atoms with Crippen LogP contribution in [-0.4, -0.2) is 132 Å². The molecule has 4 fully saturated rings. The van der Waals surface area contributed by atoms with E-state index in [1.807, 2.05) is 37.5 Å². The highest BCUT2D eigenvalue weighted by atomic mass is 19.4. The molecule has 2 aliphatic carbocycles. The van der Waals surface area contributed by atoms with Crippen molar-refractivity contribution < 1.29 is 32.3 Å². The van der Waals surface area contributed by atoms with E-state index in [9.17, 15) is 32.3 Å². The predicted molar refractivity (Wildman–Crippen MR) is 215 cm³/mol. The van der Waals surface area contributed by atoms with Crippen LogP contribution in [-0.2, 0) is 9.59 Å². The molecule has 4 aliphatic rings. The van der Waals surface area contributed by atoms with E-state index in [2.05, 4.69) is 53.6 Å². The Bertz CT molecular complexity index is 2300. The van der Waals surface area contributed by atoms with Crippen molar-refractivity contribution in [2.45, 2.75) is 82.7 Å². The van der Waals surface area contributed by atoms with Gasteiger partial charge in [-0.2, -0.15) is 13.2 Å². The number of aromatic amines is 2. The lowest BCUT2D eigenvalue weighted by atomic mass is 9.93. The Morgan fingerprint density at radius 2 is 1.22 bits per heavy atom. The van der Waals surface area contributed by atoms with Gasteiger partial charge in [-0.3, -0.25) is 19.2 Å². The molecule has 4 amide bonds. The summed E-state index contributed by atoms with van der Waals surface area (Å²) >= 11 is 0. The van der Waals surface area contributed by atoms with E-state index in [1.165, 1.54) is 24.8 Å². The maximum absolute atomic E-state index is 12.7. The number of H-pyrrole nitrogens is 2. The molecule has 2 atom stereocenters. The largest absolute Gasteiger partial charge is 0.393 e. The number of piperazine rings is 2. The molecule has 0 spiro atoms. The number of fused-ring (bicyclic) bond motifs is 2. The molecule has 16 nitrogen and oxygen atoms in total. The number of aromatic nitrogens is 6. The first kappa shape index (κ1) is 41.2. The van der Waals surface area contributed by atoms with Gasteiger partial charge in [0.1, 0.15) is 22.7 Å². The highest BCUT2D eigenvalue weighted by Gasteiger charge is 2.56. The quantitative estimate of drug-likeness (QED) is 0.189. The van der Waals surface area contributed by atoms with E-state index in [0.717, 1.165) is 12.8 Å². The van der Waals surface area contributed by atoms with Crippen LogP contribution >= 0.6 is 0 Å². The van der Waals surface area contributed by atoms with Crippen LogP contribution in [0, 0.1) is 5.92 Å². The Morgan fingerprint density at radius 3 is 1.59 bits per heavy atom. The van der Waals surface area contributed by atoms with Crippen molar-refractivity contribution in [3.63, 3.8) is 0 Å². The number of amides is 4. The van der Waals surface area contributed by atoms with Gasteiger partial charge in [0, 0.05) is 63.7 Å². The Labute approximate surface area is 338 Å². The number of hydrogen-bond donors (Lipinski definition) is 4. The summed E-state index contributed by atoms with van der Waals surface area (Å²) in [6.07, 6.45) is 7.82. The minimum absolute atomic E-state index is 0.0632. The van der Waals surface area contributed by atoms with Crippen LogP contribution in [0.5, 0.6) is 0 Å². The highest BCUT2D eigenvalue weighted by Crippen LogP contribution is 2.44. The van der Waals surface area contributed by atoms with Crippen LogP contribution in [0.4, 0.5) is 24.8 Å². The summed E-state index contributed by atoms with van der Waals surface area (Å²) in [5.41, 5.74) is 1.69. The van der Waals surface area contributed by atoms with E-state index in [0.29, 0.717) is 78.8 Å². The first-order chi connectivity index (χ1) is 27.9. The van der Waals surface area contributed by atoms with E-state index >= 15 is 0 Å². The molecule has 2 aliphatic heterocycles. The lowest BCUT2D eigenvalue weighted by molar-refractivity contribution is -0.148. The second-order valence-electron chi connectivity index (χ2n) is 16.7. The molecule has 4 aromatic heterocycles. The number of alkyl halides is 3. The maximum Gasteiger partial charge on any atom is 0.393 e. The highest BCUT2D eigenvalue weighted by molar-refractivity contribution is 6.05. The van der Waals surface area contributed by atoms with Crippen molar-refractivity contribution in [2.24, 2.45) is 5.92 Å². The number of halogens is 3. The Hall–Kier alpha value is -6.01.